The molecule has 3 aliphatic rings. The summed E-state index contributed by atoms with van der Waals surface area (Å²) in [5.41, 5.74) is 3.67. The molecular formula is C24H26O. The molecule has 0 N–H and O–H groups in total. The van der Waals surface area contributed by atoms with Gasteiger partial charge in [-0.25, -0.2) is 0 Å². The van der Waals surface area contributed by atoms with Crippen molar-refractivity contribution in [3.05, 3.63) is 59.2 Å². The lowest BCUT2D eigenvalue weighted by molar-refractivity contribution is 0.0703. The zero-order valence-electron chi connectivity index (χ0n) is 15.4. The smallest absolute Gasteiger partial charge is 0.169 e. The number of benzene rings is 2. The molecule has 0 aromatic heterocycles. The lowest BCUT2D eigenvalue weighted by Gasteiger charge is -2.38. The summed E-state index contributed by atoms with van der Waals surface area (Å²) in [6, 6.07) is 11.1. The quantitative estimate of drug-likeness (QED) is 0.554. The minimum atomic E-state index is -0.0955. The molecule has 1 nitrogen and oxygen atoms in total. The van der Waals surface area contributed by atoms with Crippen molar-refractivity contribution < 1.29 is 4.79 Å². The molecule has 0 saturated heterocycles. The van der Waals surface area contributed by atoms with Crippen molar-refractivity contribution in [2.75, 3.05) is 0 Å². The molecule has 2 bridgehead atoms. The molecule has 3 atom stereocenters. The first kappa shape index (κ1) is 15.4. The molecule has 0 aliphatic heterocycles. The zero-order chi connectivity index (χ0) is 17.4. The summed E-state index contributed by atoms with van der Waals surface area (Å²) in [5, 5.41) is 2.54. The first-order chi connectivity index (χ1) is 11.9. The minimum absolute atomic E-state index is 0.0955. The number of ketones is 1. The number of hydrogen-bond acceptors (Lipinski definition) is 1. The second-order valence-electron chi connectivity index (χ2n) is 9.46. The fourth-order valence-corrected chi connectivity index (χ4v) is 5.69. The van der Waals surface area contributed by atoms with Crippen LogP contribution in [0.25, 0.3) is 10.8 Å². The maximum absolute atomic E-state index is 13.5. The first-order valence-electron chi connectivity index (χ1n) is 9.68. The summed E-state index contributed by atoms with van der Waals surface area (Å²) < 4.78 is 0. The Morgan fingerprint density at radius 1 is 1.12 bits per heavy atom. The maximum atomic E-state index is 13.5. The topological polar surface area (TPSA) is 17.1 Å². The Hall–Kier alpha value is -1.89. The Bertz CT molecular complexity index is 927. The monoisotopic (exact) mass is 330 g/mol. The summed E-state index contributed by atoms with van der Waals surface area (Å²) in [7, 11) is 0. The van der Waals surface area contributed by atoms with Gasteiger partial charge in [0.15, 0.2) is 5.78 Å². The van der Waals surface area contributed by atoms with Crippen LogP contribution in [-0.2, 0) is 11.8 Å². The highest BCUT2D eigenvalue weighted by molar-refractivity contribution is 6.06. The van der Waals surface area contributed by atoms with Crippen molar-refractivity contribution in [2.24, 2.45) is 17.3 Å². The van der Waals surface area contributed by atoms with Gasteiger partial charge in [0.2, 0.25) is 0 Å². The Labute approximate surface area is 150 Å². The van der Waals surface area contributed by atoms with Crippen LogP contribution in [0.2, 0.25) is 0 Å². The molecule has 25 heavy (non-hydrogen) atoms. The number of Topliss-reactive ketones (excluding diaryl/α,β-unsaturated/α-hetero) is 1. The normalized spacial score (nSPS) is 30.4. The van der Waals surface area contributed by atoms with Gasteiger partial charge in [-0.3, -0.25) is 4.79 Å². The molecule has 3 aliphatic carbocycles. The summed E-state index contributed by atoms with van der Waals surface area (Å²) in [6.07, 6.45) is 9.03. The maximum Gasteiger partial charge on any atom is 0.169 e. The third kappa shape index (κ3) is 2.05. The molecule has 0 heterocycles. The van der Waals surface area contributed by atoms with Gasteiger partial charge in [-0.15, -0.1) is 0 Å². The van der Waals surface area contributed by atoms with Crippen LogP contribution in [0.4, 0.5) is 0 Å². The molecule has 1 spiro atoms. The Balaban J connectivity index is 1.67. The molecule has 2 aromatic carbocycles. The van der Waals surface area contributed by atoms with Crippen LogP contribution in [0, 0.1) is 17.3 Å². The molecule has 3 unspecified atom stereocenters. The van der Waals surface area contributed by atoms with Crippen molar-refractivity contribution in [3.8, 4) is 0 Å². The number of carbonyl (C=O) groups is 1. The van der Waals surface area contributed by atoms with Crippen molar-refractivity contribution in [3.63, 3.8) is 0 Å². The Kier molecular flexibility index (Phi) is 2.98. The van der Waals surface area contributed by atoms with Gasteiger partial charge in [0.05, 0.1) is 0 Å². The van der Waals surface area contributed by atoms with Gasteiger partial charge in [0.25, 0.3) is 0 Å². The van der Waals surface area contributed by atoms with Gasteiger partial charge in [-0.05, 0) is 70.9 Å². The molecule has 5 rings (SSSR count). The fraction of sp³-hybridized carbons (Fsp3) is 0.458. The Morgan fingerprint density at radius 3 is 2.64 bits per heavy atom. The SMILES string of the molecule is CC(C)(C)c1cccc2cc3c(cc12)CCC1(CC2C=CC1C2)C3=O. The highest BCUT2D eigenvalue weighted by atomic mass is 16.1. The van der Waals surface area contributed by atoms with Crippen LogP contribution in [0.1, 0.15) is 61.5 Å². The average molecular weight is 330 g/mol. The summed E-state index contributed by atoms with van der Waals surface area (Å²) in [5.74, 6) is 1.55. The van der Waals surface area contributed by atoms with Crippen molar-refractivity contribution in [1.29, 1.82) is 0 Å². The lowest BCUT2D eigenvalue weighted by Crippen LogP contribution is -2.39. The summed E-state index contributed by atoms with van der Waals surface area (Å²) in [6.45, 7) is 6.80. The number of rotatable bonds is 0. The average Bonchev–Trinajstić information content (AvgIpc) is 3.17. The molecular weight excluding hydrogens is 304 g/mol. The van der Waals surface area contributed by atoms with E-state index in [1.54, 1.807) is 0 Å². The van der Waals surface area contributed by atoms with E-state index in [1.165, 1.54) is 28.3 Å². The van der Waals surface area contributed by atoms with E-state index >= 15 is 0 Å². The van der Waals surface area contributed by atoms with Gasteiger partial charge < -0.3 is 0 Å². The summed E-state index contributed by atoms with van der Waals surface area (Å²) in [4.78, 5) is 13.5. The standard InChI is InChI=1S/C24H26O/c1-23(2,3)21-6-4-5-16-13-20-17(12-19(16)21)9-10-24(22(20)25)14-15-7-8-18(24)11-15/h4-8,12-13,15,18H,9-11,14H2,1-3H3. The summed E-state index contributed by atoms with van der Waals surface area (Å²) >= 11 is 0. The van der Waals surface area contributed by atoms with Crippen LogP contribution in [0.15, 0.2) is 42.5 Å². The molecule has 2 aromatic rings. The highest BCUT2D eigenvalue weighted by Gasteiger charge is 2.54. The Morgan fingerprint density at radius 2 is 1.96 bits per heavy atom. The number of allylic oxidation sites excluding steroid dienone is 2. The molecule has 1 saturated carbocycles. The molecule has 128 valence electrons. The predicted molar refractivity (Wildman–Crippen MR) is 103 cm³/mol. The van der Waals surface area contributed by atoms with E-state index in [4.69, 9.17) is 0 Å². The van der Waals surface area contributed by atoms with E-state index in [2.05, 4.69) is 63.3 Å². The van der Waals surface area contributed by atoms with Crippen LogP contribution in [0.5, 0.6) is 0 Å². The third-order valence-electron chi connectivity index (χ3n) is 6.96. The molecule has 0 amide bonds. The van der Waals surface area contributed by atoms with Crippen LogP contribution in [0.3, 0.4) is 0 Å². The second-order valence-corrected chi connectivity index (χ2v) is 9.46. The van der Waals surface area contributed by atoms with E-state index in [-0.39, 0.29) is 10.8 Å². The minimum Gasteiger partial charge on any atom is -0.294 e. The number of fused-ring (bicyclic) bond motifs is 5. The van der Waals surface area contributed by atoms with Crippen LogP contribution >= 0.6 is 0 Å². The van der Waals surface area contributed by atoms with E-state index in [0.29, 0.717) is 17.6 Å². The van der Waals surface area contributed by atoms with Gasteiger partial charge in [-0.1, -0.05) is 57.2 Å². The van der Waals surface area contributed by atoms with Gasteiger partial charge >= 0.3 is 0 Å². The third-order valence-corrected chi connectivity index (χ3v) is 6.96. The predicted octanol–water partition coefficient (Wildman–Crippen LogP) is 5.85. The van der Waals surface area contributed by atoms with Crippen LogP contribution < -0.4 is 0 Å². The van der Waals surface area contributed by atoms with E-state index in [9.17, 15) is 4.79 Å². The van der Waals surface area contributed by atoms with Gasteiger partial charge in [0.1, 0.15) is 0 Å². The zero-order valence-corrected chi connectivity index (χ0v) is 15.4. The number of aryl methyl sites for hydroxylation is 1. The van der Waals surface area contributed by atoms with Crippen molar-refractivity contribution in [1.82, 2.24) is 0 Å². The van der Waals surface area contributed by atoms with Crippen LogP contribution in [-0.4, -0.2) is 5.78 Å². The van der Waals surface area contributed by atoms with Gasteiger partial charge in [0, 0.05) is 11.0 Å². The first-order valence-corrected chi connectivity index (χ1v) is 9.68. The second kappa shape index (κ2) is 4.84. The fourth-order valence-electron chi connectivity index (χ4n) is 5.69. The van der Waals surface area contributed by atoms with Gasteiger partial charge in [-0.2, -0.15) is 0 Å². The number of hydrogen-bond donors (Lipinski definition) is 0. The molecule has 0 radical (unpaired) electrons. The van der Waals surface area contributed by atoms with Crippen molar-refractivity contribution in [2.45, 2.75) is 51.9 Å². The lowest BCUT2D eigenvalue weighted by atomic mass is 9.63. The molecule has 1 fully saturated rings. The van der Waals surface area contributed by atoms with E-state index in [1.807, 2.05) is 0 Å². The van der Waals surface area contributed by atoms with E-state index in [0.717, 1.165) is 24.8 Å². The molecule has 1 heteroatoms. The highest BCUT2D eigenvalue weighted by Crippen LogP contribution is 2.57. The van der Waals surface area contributed by atoms with Crippen molar-refractivity contribution >= 4 is 16.6 Å². The largest absolute Gasteiger partial charge is 0.294 e. The van der Waals surface area contributed by atoms with E-state index < -0.39 is 0 Å². The number of carbonyl (C=O) groups excluding carboxylic acids is 1.